The number of phenolic OH excluding ortho intramolecular Hbond substituents is 1. The summed E-state index contributed by atoms with van der Waals surface area (Å²) in [5.74, 6) is 0.303. The number of aryl methyl sites for hydroxylation is 3. The molecule has 0 amide bonds. The van der Waals surface area contributed by atoms with E-state index >= 15 is 0 Å². The van der Waals surface area contributed by atoms with Crippen molar-refractivity contribution in [1.29, 1.82) is 0 Å². The number of phenols is 1. The van der Waals surface area contributed by atoms with Gasteiger partial charge in [-0.1, -0.05) is 23.7 Å². The molecule has 0 atom stereocenters. The third-order valence-corrected chi connectivity index (χ3v) is 4.34. The molecule has 0 aliphatic carbocycles. The van der Waals surface area contributed by atoms with Crippen LogP contribution in [0, 0.1) is 20.8 Å². The lowest BCUT2D eigenvalue weighted by atomic mass is 9.95. The van der Waals surface area contributed by atoms with Crippen molar-refractivity contribution in [2.24, 2.45) is 0 Å². The van der Waals surface area contributed by atoms with E-state index in [2.05, 4.69) is 11.9 Å². The number of aromatic hydroxyl groups is 1. The third kappa shape index (κ3) is 2.67. The highest BCUT2D eigenvalue weighted by Crippen LogP contribution is 2.32. The monoisotopic (exact) mass is 311 g/mol. The fourth-order valence-corrected chi connectivity index (χ4v) is 3.08. The van der Waals surface area contributed by atoms with Gasteiger partial charge in [0.15, 0.2) is 0 Å². The van der Waals surface area contributed by atoms with Crippen LogP contribution in [0.3, 0.4) is 0 Å². The molecular formula is C19H18ClNO. The molecule has 112 valence electrons. The van der Waals surface area contributed by atoms with E-state index < -0.39 is 0 Å². The minimum absolute atomic E-state index is 0.303. The zero-order valence-electron chi connectivity index (χ0n) is 12.9. The van der Waals surface area contributed by atoms with E-state index in [0.717, 1.165) is 44.7 Å². The molecule has 3 rings (SSSR count). The second kappa shape index (κ2) is 5.62. The highest BCUT2D eigenvalue weighted by atomic mass is 35.5. The highest BCUT2D eigenvalue weighted by molar-refractivity contribution is 6.30. The number of hydrogen-bond donors (Lipinski definition) is 1. The van der Waals surface area contributed by atoms with Crippen LogP contribution < -0.4 is 0 Å². The van der Waals surface area contributed by atoms with E-state index in [1.165, 1.54) is 5.56 Å². The van der Waals surface area contributed by atoms with Crippen LogP contribution in [0.1, 0.15) is 27.9 Å². The van der Waals surface area contributed by atoms with Crippen molar-refractivity contribution < 1.29 is 5.11 Å². The normalized spacial score (nSPS) is 11.1. The van der Waals surface area contributed by atoms with Crippen LogP contribution in [0.5, 0.6) is 5.75 Å². The van der Waals surface area contributed by atoms with Crippen LogP contribution in [0.4, 0.5) is 0 Å². The molecular weight excluding hydrogens is 294 g/mol. The van der Waals surface area contributed by atoms with Crippen LogP contribution in [0.25, 0.3) is 10.9 Å². The maximum Gasteiger partial charge on any atom is 0.125 e. The van der Waals surface area contributed by atoms with Gasteiger partial charge in [-0.2, -0.15) is 0 Å². The van der Waals surface area contributed by atoms with Gasteiger partial charge in [0.25, 0.3) is 0 Å². The first-order valence-electron chi connectivity index (χ1n) is 7.29. The fraction of sp³-hybridized carbons (Fsp3) is 0.211. The largest absolute Gasteiger partial charge is 0.507 e. The van der Waals surface area contributed by atoms with Crippen LogP contribution in [-0.2, 0) is 6.42 Å². The Morgan fingerprint density at radius 3 is 2.41 bits per heavy atom. The molecule has 2 aromatic carbocycles. The van der Waals surface area contributed by atoms with Gasteiger partial charge in [0.05, 0.1) is 5.52 Å². The SMILES string of the molecule is Cc1cc(O)c2c(C)c(Cc3ccc(Cl)cc3)c(C)nc2c1. The van der Waals surface area contributed by atoms with E-state index in [1.807, 2.05) is 44.2 Å². The Balaban J connectivity index is 2.15. The first-order valence-corrected chi connectivity index (χ1v) is 7.67. The Kier molecular flexibility index (Phi) is 3.79. The average Bonchev–Trinajstić information content (AvgIpc) is 2.44. The summed E-state index contributed by atoms with van der Waals surface area (Å²) < 4.78 is 0. The molecule has 0 unspecified atom stereocenters. The molecule has 0 saturated carbocycles. The van der Waals surface area contributed by atoms with Gasteiger partial charge in [-0.3, -0.25) is 4.98 Å². The topological polar surface area (TPSA) is 33.1 Å². The Labute approximate surface area is 135 Å². The molecule has 0 saturated heterocycles. The lowest BCUT2D eigenvalue weighted by Gasteiger charge is -2.14. The summed E-state index contributed by atoms with van der Waals surface area (Å²) in [5.41, 5.74) is 6.31. The number of rotatable bonds is 2. The van der Waals surface area contributed by atoms with Crippen molar-refractivity contribution in [1.82, 2.24) is 4.98 Å². The lowest BCUT2D eigenvalue weighted by Crippen LogP contribution is -2.00. The smallest absolute Gasteiger partial charge is 0.125 e. The van der Waals surface area contributed by atoms with Crippen molar-refractivity contribution >= 4 is 22.5 Å². The average molecular weight is 312 g/mol. The number of hydrogen-bond acceptors (Lipinski definition) is 2. The minimum Gasteiger partial charge on any atom is -0.507 e. The molecule has 3 heteroatoms. The molecule has 1 aromatic heterocycles. The zero-order valence-corrected chi connectivity index (χ0v) is 13.7. The molecule has 0 spiro atoms. The number of halogens is 1. The summed E-state index contributed by atoms with van der Waals surface area (Å²) in [6.07, 6.45) is 0.783. The van der Waals surface area contributed by atoms with Gasteiger partial charge in [0, 0.05) is 16.1 Å². The minimum atomic E-state index is 0.303. The van der Waals surface area contributed by atoms with E-state index in [4.69, 9.17) is 11.6 Å². The summed E-state index contributed by atoms with van der Waals surface area (Å²) >= 11 is 5.95. The maximum absolute atomic E-state index is 10.3. The van der Waals surface area contributed by atoms with Crippen molar-refractivity contribution in [2.75, 3.05) is 0 Å². The predicted octanol–water partition coefficient (Wildman–Crippen LogP) is 5.11. The van der Waals surface area contributed by atoms with E-state index in [-0.39, 0.29) is 0 Å². The Hall–Kier alpha value is -2.06. The number of aromatic nitrogens is 1. The fourth-order valence-electron chi connectivity index (χ4n) is 2.96. The molecule has 1 N–H and O–H groups in total. The van der Waals surface area contributed by atoms with Gasteiger partial charge < -0.3 is 5.11 Å². The number of nitrogens with zero attached hydrogens (tertiary/aromatic N) is 1. The van der Waals surface area contributed by atoms with E-state index in [0.29, 0.717) is 5.75 Å². The van der Waals surface area contributed by atoms with Gasteiger partial charge in [0.1, 0.15) is 5.75 Å². The maximum atomic E-state index is 10.3. The zero-order chi connectivity index (χ0) is 15.9. The lowest BCUT2D eigenvalue weighted by molar-refractivity contribution is 0.481. The summed E-state index contributed by atoms with van der Waals surface area (Å²) in [4.78, 5) is 4.69. The Bertz CT molecular complexity index is 854. The number of benzene rings is 2. The molecule has 2 nitrogen and oxygen atoms in total. The van der Waals surface area contributed by atoms with Crippen LogP contribution in [0.15, 0.2) is 36.4 Å². The Morgan fingerprint density at radius 1 is 1.05 bits per heavy atom. The molecule has 0 aliphatic heterocycles. The van der Waals surface area contributed by atoms with Gasteiger partial charge in [-0.05, 0) is 73.7 Å². The molecule has 3 aromatic rings. The molecule has 0 fully saturated rings. The summed E-state index contributed by atoms with van der Waals surface area (Å²) in [6.45, 7) is 6.04. The molecule has 0 radical (unpaired) electrons. The van der Waals surface area contributed by atoms with E-state index in [9.17, 15) is 5.11 Å². The summed E-state index contributed by atoms with van der Waals surface area (Å²) in [7, 11) is 0. The second-order valence-electron chi connectivity index (χ2n) is 5.78. The molecule has 1 heterocycles. The number of pyridine rings is 1. The predicted molar refractivity (Wildman–Crippen MR) is 91.9 cm³/mol. The van der Waals surface area contributed by atoms with Crippen LogP contribution in [-0.4, -0.2) is 10.1 Å². The molecule has 22 heavy (non-hydrogen) atoms. The first kappa shape index (κ1) is 14.9. The van der Waals surface area contributed by atoms with Crippen molar-refractivity contribution in [2.45, 2.75) is 27.2 Å². The molecule has 0 aliphatic rings. The quantitative estimate of drug-likeness (QED) is 0.713. The standard InChI is InChI=1S/C19H18ClNO/c1-11-8-17-19(18(22)9-11)12(2)16(13(3)21-17)10-14-4-6-15(20)7-5-14/h4-9,22H,10H2,1-3H3. The van der Waals surface area contributed by atoms with Crippen molar-refractivity contribution in [3.8, 4) is 5.75 Å². The summed E-state index contributed by atoms with van der Waals surface area (Å²) in [5, 5.41) is 11.9. The van der Waals surface area contributed by atoms with Crippen LogP contribution >= 0.6 is 11.6 Å². The number of fused-ring (bicyclic) bond motifs is 1. The van der Waals surface area contributed by atoms with Gasteiger partial charge in [-0.15, -0.1) is 0 Å². The van der Waals surface area contributed by atoms with Crippen molar-refractivity contribution in [3.05, 3.63) is 69.4 Å². The highest BCUT2D eigenvalue weighted by Gasteiger charge is 2.13. The van der Waals surface area contributed by atoms with Gasteiger partial charge >= 0.3 is 0 Å². The van der Waals surface area contributed by atoms with Crippen LogP contribution in [0.2, 0.25) is 5.02 Å². The third-order valence-electron chi connectivity index (χ3n) is 4.09. The van der Waals surface area contributed by atoms with E-state index in [1.54, 1.807) is 6.07 Å². The first-order chi connectivity index (χ1) is 10.5. The molecule has 0 bridgehead atoms. The van der Waals surface area contributed by atoms with Gasteiger partial charge in [0.2, 0.25) is 0 Å². The summed E-state index contributed by atoms with van der Waals surface area (Å²) in [6, 6.07) is 11.7. The van der Waals surface area contributed by atoms with Crippen molar-refractivity contribution in [3.63, 3.8) is 0 Å². The van der Waals surface area contributed by atoms with Gasteiger partial charge in [-0.25, -0.2) is 0 Å². The Morgan fingerprint density at radius 2 is 1.73 bits per heavy atom. The second-order valence-corrected chi connectivity index (χ2v) is 6.22.